The van der Waals surface area contributed by atoms with Crippen LogP contribution in [0.4, 0.5) is 4.39 Å². The van der Waals surface area contributed by atoms with Gasteiger partial charge in [0.1, 0.15) is 0 Å². The Bertz CT molecular complexity index is 185. The van der Waals surface area contributed by atoms with Crippen molar-refractivity contribution in [1.29, 1.82) is 0 Å². The highest BCUT2D eigenvalue weighted by Gasteiger charge is 2.04. The molecule has 0 atom stereocenters. The number of hydrogen-bond donors (Lipinski definition) is 1. The molecule has 0 amide bonds. The fourth-order valence-corrected chi connectivity index (χ4v) is 0.911. The predicted molar refractivity (Wildman–Crippen MR) is 46.8 cm³/mol. The van der Waals surface area contributed by atoms with E-state index in [4.69, 9.17) is 17.3 Å². The van der Waals surface area contributed by atoms with Gasteiger partial charge in [-0.25, -0.2) is 4.39 Å². The molecule has 0 aliphatic carbocycles. The molecular weight excluding hydrogens is 165 g/mol. The highest BCUT2D eigenvalue weighted by Crippen LogP contribution is 2.20. The van der Waals surface area contributed by atoms with Crippen molar-refractivity contribution in [3.05, 3.63) is 22.6 Å². The summed E-state index contributed by atoms with van der Waals surface area (Å²) in [5, 5.41) is 0.211. The molecule has 0 unspecified atom stereocenters. The monoisotopic (exact) mass is 177 g/mol. The van der Waals surface area contributed by atoms with Crippen LogP contribution in [-0.2, 0) is 0 Å². The zero-order valence-electron chi connectivity index (χ0n) is 6.82. The van der Waals surface area contributed by atoms with E-state index in [1.165, 1.54) is 6.08 Å². The fourth-order valence-electron chi connectivity index (χ4n) is 0.613. The zero-order chi connectivity index (χ0) is 8.85. The summed E-state index contributed by atoms with van der Waals surface area (Å²) in [4.78, 5) is 0. The van der Waals surface area contributed by atoms with Crippen LogP contribution in [0.25, 0.3) is 0 Å². The Balaban J connectivity index is 4.39. The Hall–Kier alpha value is -0.500. The lowest BCUT2D eigenvalue weighted by atomic mass is 10.2. The lowest BCUT2D eigenvalue weighted by molar-refractivity contribution is 0.635. The van der Waals surface area contributed by atoms with Crippen LogP contribution in [-0.4, -0.2) is 0 Å². The van der Waals surface area contributed by atoms with Crippen LogP contribution in [0.3, 0.4) is 0 Å². The van der Waals surface area contributed by atoms with Gasteiger partial charge in [0.2, 0.25) is 0 Å². The van der Waals surface area contributed by atoms with Crippen molar-refractivity contribution in [2.24, 2.45) is 5.73 Å². The van der Waals surface area contributed by atoms with Crippen molar-refractivity contribution in [3.63, 3.8) is 0 Å². The van der Waals surface area contributed by atoms with Gasteiger partial charge in [0.05, 0.1) is 10.7 Å². The van der Waals surface area contributed by atoms with E-state index >= 15 is 0 Å². The van der Waals surface area contributed by atoms with E-state index < -0.39 is 5.83 Å². The topological polar surface area (TPSA) is 26.0 Å². The first-order valence-electron chi connectivity index (χ1n) is 3.59. The SMILES string of the molecule is C/C=C(N)\C(F)=C(\Cl)CCC. The molecule has 0 spiro atoms. The number of nitrogens with two attached hydrogens (primary N) is 1. The molecule has 0 saturated heterocycles. The summed E-state index contributed by atoms with van der Waals surface area (Å²) in [7, 11) is 0. The number of rotatable bonds is 3. The highest BCUT2D eigenvalue weighted by atomic mass is 35.5. The molecule has 0 radical (unpaired) electrons. The smallest absolute Gasteiger partial charge is 0.160 e. The van der Waals surface area contributed by atoms with Crippen molar-refractivity contribution in [2.45, 2.75) is 26.7 Å². The van der Waals surface area contributed by atoms with Gasteiger partial charge in [-0.05, 0) is 13.3 Å². The molecule has 1 nitrogen and oxygen atoms in total. The minimum Gasteiger partial charge on any atom is -0.397 e. The zero-order valence-corrected chi connectivity index (χ0v) is 7.58. The second-order valence-electron chi connectivity index (χ2n) is 2.21. The van der Waals surface area contributed by atoms with E-state index in [-0.39, 0.29) is 10.7 Å². The summed E-state index contributed by atoms with van der Waals surface area (Å²) in [5.41, 5.74) is 5.41. The molecule has 0 aromatic heterocycles. The van der Waals surface area contributed by atoms with Crippen molar-refractivity contribution >= 4 is 11.6 Å². The van der Waals surface area contributed by atoms with Gasteiger partial charge in [-0.3, -0.25) is 0 Å². The van der Waals surface area contributed by atoms with E-state index in [1.54, 1.807) is 6.92 Å². The maximum Gasteiger partial charge on any atom is 0.160 e. The van der Waals surface area contributed by atoms with Gasteiger partial charge in [-0.2, -0.15) is 0 Å². The van der Waals surface area contributed by atoms with E-state index in [1.807, 2.05) is 6.92 Å². The molecule has 0 saturated carbocycles. The number of allylic oxidation sites excluding steroid dienone is 3. The number of hydrogen-bond acceptors (Lipinski definition) is 1. The Morgan fingerprint density at radius 1 is 1.64 bits per heavy atom. The predicted octanol–water partition coefficient (Wildman–Crippen LogP) is 3.07. The minimum absolute atomic E-state index is 0.114. The van der Waals surface area contributed by atoms with E-state index in [9.17, 15) is 4.39 Å². The molecule has 0 rings (SSSR count). The Morgan fingerprint density at radius 2 is 2.18 bits per heavy atom. The molecule has 0 bridgehead atoms. The summed E-state index contributed by atoms with van der Waals surface area (Å²) in [6.45, 7) is 3.60. The third kappa shape index (κ3) is 3.42. The maximum atomic E-state index is 12.9. The van der Waals surface area contributed by atoms with Gasteiger partial charge in [0, 0.05) is 0 Å². The van der Waals surface area contributed by atoms with E-state index in [0.29, 0.717) is 6.42 Å². The Morgan fingerprint density at radius 3 is 2.55 bits per heavy atom. The van der Waals surface area contributed by atoms with Crippen molar-refractivity contribution < 1.29 is 4.39 Å². The quantitative estimate of drug-likeness (QED) is 0.659. The normalized spacial score (nSPS) is 14.7. The first kappa shape index (κ1) is 10.5. The van der Waals surface area contributed by atoms with Crippen LogP contribution in [0.1, 0.15) is 26.7 Å². The lowest BCUT2D eigenvalue weighted by Crippen LogP contribution is -1.98. The summed E-state index contributed by atoms with van der Waals surface area (Å²) in [5.74, 6) is -0.490. The standard InChI is InChI=1S/C8H13ClFN/c1-3-5-6(9)8(10)7(11)4-2/h4H,3,5,11H2,1-2H3/b7-4+,8-6-. The van der Waals surface area contributed by atoms with Crippen LogP contribution in [0.2, 0.25) is 0 Å². The molecule has 2 N–H and O–H groups in total. The van der Waals surface area contributed by atoms with Gasteiger partial charge in [0.15, 0.2) is 5.83 Å². The summed E-state index contributed by atoms with van der Waals surface area (Å²) < 4.78 is 12.9. The Labute approximate surface area is 71.7 Å². The summed E-state index contributed by atoms with van der Waals surface area (Å²) in [6.07, 6.45) is 2.86. The van der Waals surface area contributed by atoms with Gasteiger partial charge in [-0.15, -0.1) is 0 Å². The van der Waals surface area contributed by atoms with Crippen LogP contribution in [0, 0.1) is 0 Å². The van der Waals surface area contributed by atoms with E-state index in [0.717, 1.165) is 6.42 Å². The molecular formula is C8H13ClFN. The van der Waals surface area contributed by atoms with Crippen molar-refractivity contribution in [2.75, 3.05) is 0 Å². The minimum atomic E-state index is -0.490. The molecule has 0 aliphatic rings. The van der Waals surface area contributed by atoms with Crippen molar-refractivity contribution in [1.82, 2.24) is 0 Å². The summed E-state index contributed by atoms with van der Waals surface area (Å²) >= 11 is 5.59. The maximum absolute atomic E-state index is 12.9. The molecule has 64 valence electrons. The van der Waals surface area contributed by atoms with Crippen LogP contribution in [0.5, 0.6) is 0 Å². The van der Waals surface area contributed by atoms with Gasteiger partial charge in [0.25, 0.3) is 0 Å². The lowest BCUT2D eigenvalue weighted by Gasteiger charge is -1.99. The van der Waals surface area contributed by atoms with Crippen LogP contribution >= 0.6 is 11.6 Å². The average Bonchev–Trinajstić information content (AvgIpc) is 2.02. The Kier molecular flexibility index (Phi) is 4.95. The third-order valence-electron chi connectivity index (χ3n) is 1.27. The first-order chi connectivity index (χ1) is 5.13. The molecule has 0 aromatic rings. The molecule has 0 aromatic carbocycles. The molecule has 0 heterocycles. The van der Waals surface area contributed by atoms with Crippen molar-refractivity contribution in [3.8, 4) is 0 Å². The van der Waals surface area contributed by atoms with Gasteiger partial charge < -0.3 is 5.73 Å². The third-order valence-corrected chi connectivity index (χ3v) is 1.63. The molecule has 3 heteroatoms. The summed E-state index contributed by atoms with van der Waals surface area (Å²) in [6, 6.07) is 0. The number of halogens is 2. The average molecular weight is 178 g/mol. The van der Waals surface area contributed by atoms with Gasteiger partial charge >= 0.3 is 0 Å². The second kappa shape index (κ2) is 5.19. The molecule has 11 heavy (non-hydrogen) atoms. The second-order valence-corrected chi connectivity index (χ2v) is 2.67. The van der Waals surface area contributed by atoms with Crippen LogP contribution in [0.15, 0.2) is 22.6 Å². The van der Waals surface area contributed by atoms with E-state index in [2.05, 4.69) is 0 Å². The fraction of sp³-hybridized carbons (Fsp3) is 0.500. The largest absolute Gasteiger partial charge is 0.397 e. The van der Waals surface area contributed by atoms with Gasteiger partial charge in [-0.1, -0.05) is 31.0 Å². The van der Waals surface area contributed by atoms with Crippen LogP contribution < -0.4 is 5.73 Å². The molecule has 0 aliphatic heterocycles. The molecule has 0 fully saturated rings. The first-order valence-corrected chi connectivity index (χ1v) is 3.97. The highest BCUT2D eigenvalue weighted by molar-refractivity contribution is 6.30.